The first-order chi connectivity index (χ1) is 8.67. The molecule has 1 N–H and O–H groups in total. The fourth-order valence-corrected chi connectivity index (χ4v) is 2.38. The summed E-state index contributed by atoms with van der Waals surface area (Å²) in [6.45, 7) is 2.54. The summed E-state index contributed by atoms with van der Waals surface area (Å²) < 4.78 is 6.29. The lowest BCUT2D eigenvalue weighted by Crippen LogP contribution is -2.08. The van der Waals surface area contributed by atoms with Gasteiger partial charge in [-0.25, -0.2) is 4.79 Å². The molecule has 0 saturated heterocycles. The van der Waals surface area contributed by atoms with E-state index in [0.717, 1.165) is 4.88 Å². The normalized spacial score (nSPS) is 12.4. The SMILES string of the molecule is CCn1cc(C(O)c2cccs2)c(C(=O)OC)n1. The van der Waals surface area contributed by atoms with Crippen LogP contribution >= 0.6 is 11.3 Å². The summed E-state index contributed by atoms with van der Waals surface area (Å²) in [4.78, 5) is 12.4. The molecule has 0 radical (unpaired) electrons. The molecule has 0 fully saturated rings. The van der Waals surface area contributed by atoms with Crippen molar-refractivity contribution in [1.29, 1.82) is 0 Å². The molecule has 1 unspecified atom stereocenters. The maximum Gasteiger partial charge on any atom is 0.358 e. The number of aliphatic hydroxyl groups excluding tert-OH is 1. The van der Waals surface area contributed by atoms with Gasteiger partial charge in [0.2, 0.25) is 0 Å². The fraction of sp³-hybridized carbons (Fsp3) is 0.333. The number of ether oxygens (including phenoxy) is 1. The Hall–Kier alpha value is -1.66. The highest BCUT2D eigenvalue weighted by molar-refractivity contribution is 7.10. The fourth-order valence-electron chi connectivity index (χ4n) is 1.65. The van der Waals surface area contributed by atoms with Crippen LogP contribution in [0.4, 0.5) is 0 Å². The van der Waals surface area contributed by atoms with Gasteiger partial charge in [0.05, 0.1) is 7.11 Å². The van der Waals surface area contributed by atoms with Gasteiger partial charge in [0.25, 0.3) is 0 Å². The molecule has 0 spiro atoms. The first-order valence-electron chi connectivity index (χ1n) is 5.54. The van der Waals surface area contributed by atoms with Gasteiger partial charge in [-0.2, -0.15) is 5.10 Å². The molecule has 0 aliphatic rings. The van der Waals surface area contributed by atoms with Crippen molar-refractivity contribution in [2.45, 2.75) is 19.6 Å². The van der Waals surface area contributed by atoms with Gasteiger partial charge in [-0.1, -0.05) is 6.07 Å². The Morgan fingerprint density at radius 2 is 2.44 bits per heavy atom. The first-order valence-corrected chi connectivity index (χ1v) is 6.42. The van der Waals surface area contributed by atoms with Crippen LogP contribution in [-0.2, 0) is 11.3 Å². The average Bonchev–Trinajstić information content (AvgIpc) is 3.05. The average molecular weight is 266 g/mol. The van der Waals surface area contributed by atoms with E-state index in [9.17, 15) is 9.90 Å². The maximum absolute atomic E-state index is 11.6. The van der Waals surface area contributed by atoms with E-state index in [-0.39, 0.29) is 5.69 Å². The van der Waals surface area contributed by atoms with E-state index in [1.807, 2.05) is 24.4 Å². The zero-order valence-electron chi connectivity index (χ0n) is 10.2. The van der Waals surface area contributed by atoms with Crippen LogP contribution in [0.1, 0.15) is 34.0 Å². The molecule has 0 aromatic carbocycles. The Morgan fingerprint density at radius 1 is 1.67 bits per heavy atom. The van der Waals surface area contributed by atoms with Crippen molar-refractivity contribution in [2.75, 3.05) is 7.11 Å². The second kappa shape index (κ2) is 5.32. The van der Waals surface area contributed by atoms with Crippen molar-refractivity contribution >= 4 is 17.3 Å². The highest BCUT2D eigenvalue weighted by Crippen LogP contribution is 2.28. The Balaban J connectivity index is 2.42. The molecule has 0 aliphatic heterocycles. The van der Waals surface area contributed by atoms with Gasteiger partial charge in [-0.15, -0.1) is 11.3 Å². The van der Waals surface area contributed by atoms with Crippen LogP contribution in [0.2, 0.25) is 0 Å². The van der Waals surface area contributed by atoms with Gasteiger partial charge < -0.3 is 9.84 Å². The molecular weight excluding hydrogens is 252 g/mol. The van der Waals surface area contributed by atoms with E-state index in [2.05, 4.69) is 9.84 Å². The molecule has 2 heterocycles. The van der Waals surface area contributed by atoms with Gasteiger partial charge >= 0.3 is 5.97 Å². The van der Waals surface area contributed by atoms with Crippen molar-refractivity contribution in [3.8, 4) is 0 Å². The highest BCUT2D eigenvalue weighted by atomic mass is 32.1. The molecular formula is C12H14N2O3S. The number of hydrogen-bond acceptors (Lipinski definition) is 5. The minimum Gasteiger partial charge on any atom is -0.464 e. The molecule has 0 saturated carbocycles. The third-order valence-electron chi connectivity index (χ3n) is 2.60. The van der Waals surface area contributed by atoms with E-state index in [4.69, 9.17) is 0 Å². The van der Waals surface area contributed by atoms with Crippen LogP contribution in [0.3, 0.4) is 0 Å². The number of aliphatic hydroxyl groups is 1. The summed E-state index contributed by atoms with van der Waals surface area (Å²) >= 11 is 1.43. The maximum atomic E-state index is 11.6. The Kier molecular flexibility index (Phi) is 3.78. The van der Waals surface area contributed by atoms with E-state index < -0.39 is 12.1 Å². The Labute approximate surface area is 109 Å². The molecule has 2 aromatic heterocycles. The number of esters is 1. The highest BCUT2D eigenvalue weighted by Gasteiger charge is 2.24. The van der Waals surface area contributed by atoms with Crippen molar-refractivity contribution in [2.24, 2.45) is 0 Å². The van der Waals surface area contributed by atoms with E-state index >= 15 is 0 Å². The summed E-state index contributed by atoms with van der Waals surface area (Å²) in [5.41, 5.74) is 0.645. The number of carbonyl (C=O) groups is 1. The first kappa shape index (κ1) is 12.8. The topological polar surface area (TPSA) is 64.4 Å². The number of aromatic nitrogens is 2. The zero-order valence-corrected chi connectivity index (χ0v) is 11.0. The van der Waals surface area contributed by atoms with E-state index in [1.54, 1.807) is 10.9 Å². The van der Waals surface area contributed by atoms with Crippen molar-refractivity contribution in [3.63, 3.8) is 0 Å². The molecule has 6 heteroatoms. The largest absolute Gasteiger partial charge is 0.464 e. The number of thiophene rings is 1. The third kappa shape index (κ3) is 2.30. The molecule has 18 heavy (non-hydrogen) atoms. The minimum absolute atomic E-state index is 0.167. The standard InChI is InChI=1S/C12H14N2O3S/c1-3-14-7-8(10(13-14)12(16)17-2)11(15)9-5-4-6-18-9/h4-7,11,15H,3H2,1-2H3. The van der Waals surface area contributed by atoms with Crippen molar-refractivity contribution in [3.05, 3.63) is 39.8 Å². The van der Waals surface area contributed by atoms with E-state index in [0.29, 0.717) is 12.1 Å². The number of carbonyl (C=O) groups excluding carboxylic acids is 1. The summed E-state index contributed by atoms with van der Waals surface area (Å²) in [6.07, 6.45) is 0.829. The molecule has 2 aromatic rings. The second-order valence-corrected chi connectivity index (χ2v) is 4.68. The number of hydrogen-bond donors (Lipinski definition) is 1. The van der Waals surface area contributed by atoms with Crippen molar-refractivity contribution in [1.82, 2.24) is 9.78 Å². The van der Waals surface area contributed by atoms with Crippen LogP contribution < -0.4 is 0 Å². The monoisotopic (exact) mass is 266 g/mol. The van der Waals surface area contributed by atoms with Crippen LogP contribution in [0, 0.1) is 0 Å². The minimum atomic E-state index is -0.848. The van der Waals surface area contributed by atoms with Gasteiger partial charge in [-0.3, -0.25) is 4.68 Å². The van der Waals surface area contributed by atoms with Crippen molar-refractivity contribution < 1.29 is 14.6 Å². The predicted molar refractivity (Wildman–Crippen MR) is 67.6 cm³/mol. The second-order valence-electron chi connectivity index (χ2n) is 3.70. The lowest BCUT2D eigenvalue weighted by molar-refractivity contribution is 0.0588. The van der Waals surface area contributed by atoms with Crippen LogP contribution in [0.5, 0.6) is 0 Å². The summed E-state index contributed by atoms with van der Waals surface area (Å²) in [6, 6.07) is 3.67. The van der Waals surface area contributed by atoms with Gasteiger partial charge in [-0.05, 0) is 18.4 Å². The summed E-state index contributed by atoms with van der Waals surface area (Å²) in [7, 11) is 1.30. The molecule has 1 atom stereocenters. The van der Waals surface area contributed by atoms with E-state index in [1.165, 1.54) is 18.4 Å². The number of nitrogens with zero attached hydrogens (tertiary/aromatic N) is 2. The summed E-state index contributed by atoms with van der Waals surface area (Å²) in [5, 5.41) is 16.3. The molecule has 96 valence electrons. The van der Waals surface area contributed by atoms with Crippen LogP contribution in [0.25, 0.3) is 0 Å². The van der Waals surface area contributed by atoms with Gasteiger partial charge in [0, 0.05) is 23.2 Å². The van der Waals surface area contributed by atoms with Gasteiger partial charge in [0.15, 0.2) is 5.69 Å². The lowest BCUT2D eigenvalue weighted by Gasteiger charge is -2.07. The third-order valence-corrected chi connectivity index (χ3v) is 3.52. The smallest absolute Gasteiger partial charge is 0.358 e. The lowest BCUT2D eigenvalue weighted by atomic mass is 10.1. The molecule has 0 aliphatic carbocycles. The molecule has 0 amide bonds. The molecule has 5 nitrogen and oxygen atoms in total. The predicted octanol–water partition coefficient (Wildman–Crippen LogP) is 1.83. The number of rotatable bonds is 4. The Bertz CT molecular complexity index is 534. The molecule has 0 bridgehead atoms. The quantitative estimate of drug-likeness (QED) is 0.857. The number of methoxy groups -OCH3 is 1. The molecule has 2 rings (SSSR count). The zero-order chi connectivity index (χ0) is 13.1. The Morgan fingerprint density at radius 3 is 3.00 bits per heavy atom. The summed E-state index contributed by atoms with van der Waals surface area (Å²) in [5.74, 6) is -0.534. The van der Waals surface area contributed by atoms with Gasteiger partial charge in [0.1, 0.15) is 6.10 Å². The van der Waals surface area contributed by atoms with Crippen LogP contribution in [-0.4, -0.2) is 28.0 Å². The van der Waals surface area contributed by atoms with Crippen LogP contribution in [0.15, 0.2) is 23.7 Å². The number of aryl methyl sites for hydroxylation is 1.